The Morgan fingerprint density at radius 3 is 2.73 bits per heavy atom. The molecule has 0 spiro atoms. The summed E-state index contributed by atoms with van der Waals surface area (Å²) >= 11 is 0. The first-order chi connectivity index (χ1) is 12.4. The maximum Gasteiger partial charge on any atom is 0.328 e. The normalized spacial score (nSPS) is 12.0. The van der Waals surface area contributed by atoms with E-state index in [-0.39, 0.29) is 11.1 Å². The number of fused-ring (bicyclic) bond motifs is 1. The average Bonchev–Trinajstić information content (AvgIpc) is 3.08. The molecule has 0 bridgehead atoms. The van der Waals surface area contributed by atoms with E-state index < -0.39 is 23.5 Å². The fourth-order valence-electron chi connectivity index (χ4n) is 2.44. The van der Waals surface area contributed by atoms with E-state index in [1.54, 1.807) is 26.0 Å². The zero-order valence-corrected chi connectivity index (χ0v) is 14.3. The number of carbonyl (C=O) groups is 2. The molecule has 3 rings (SSSR count). The standard InChI is InChI=1S/C17H16N4O5/c1-9-6-14(20-26-9)15(22)19-11-4-5-13-12(7-11)16(23)21(8-18-13)10(2)17(24)25-3/h4-8,10H,1-3H3,(H,19,22). The topological polar surface area (TPSA) is 116 Å². The number of nitrogens with zero attached hydrogens (tertiary/aromatic N) is 3. The zero-order chi connectivity index (χ0) is 18.8. The molecule has 0 saturated carbocycles. The number of methoxy groups -OCH3 is 1. The number of aromatic nitrogens is 3. The Balaban J connectivity index is 1.96. The van der Waals surface area contributed by atoms with Gasteiger partial charge in [-0.3, -0.25) is 14.2 Å². The van der Waals surface area contributed by atoms with Gasteiger partial charge in [0, 0.05) is 11.8 Å². The Bertz CT molecular complexity index is 1050. The highest BCUT2D eigenvalue weighted by Gasteiger charge is 2.18. The fraction of sp³-hybridized carbons (Fsp3) is 0.235. The van der Waals surface area contributed by atoms with E-state index >= 15 is 0 Å². The van der Waals surface area contributed by atoms with Crippen molar-refractivity contribution in [1.82, 2.24) is 14.7 Å². The van der Waals surface area contributed by atoms with Gasteiger partial charge in [0.2, 0.25) is 0 Å². The van der Waals surface area contributed by atoms with Gasteiger partial charge < -0.3 is 14.6 Å². The van der Waals surface area contributed by atoms with Crippen molar-refractivity contribution in [2.75, 3.05) is 12.4 Å². The highest BCUT2D eigenvalue weighted by atomic mass is 16.5. The van der Waals surface area contributed by atoms with Gasteiger partial charge >= 0.3 is 5.97 Å². The average molecular weight is 356 g/mol. The molecule has 1 N–H and O–H groups in total. The number of benzene rings is 1. The summed E-state index contributed by atoms with van der Waals surface area (Å²) in [6.07, 6.45) is 1.29. The van der Waals surface area contributed by atoms with Crippen LogP contribution < -0.4 is 10.9 Å². The van der Waals surface area contributed by atoms with E-state index in [0.29, 0.717) is 17.0 Å². The first-order valence-electron chi connectivity index (χ1n) is 7.74. The molecule has 0 radical (unpaired) electrons. The van der Waals surface area contributed by atoms with Crippen molar-refractivity contribution in [3.05, 3.63) is 52.4 Å². The first kappa shape index (κ1) is 17.3. The summed E-state index contributed by atoms with van der Waals surface area (Å²) in [4.78, 5) is 40.7. The third kappa shape index (κ3) is 3.18. The van der Waals surface area contributed by atoms with Crippen molar-refractivity contribution in [1.29, 1.82) is 0 Å². The highest BCUT2D eigenvalue weighted by molar-refractivity contribution is 6.03. The van der Waals surface area contributed by atoms with Gasteiger partial charge in [-0.15, -0.1) is 0 Å². The van der Waals surface area contributed by atoms with Crippen LogP contribution in [-0.4, -0.2) is 33.7 Å². The van der Waals surface area contributed by atoms with E-state index in [9.17, 15) is 14.4 Å². The minimum atomic E-state index is -0.819. The van der Waals surface area contributed by atoms with Crippen LogP contribution in [0, 0.1) is 6.92 Å². The van der Waals surface area contributed by atoms with E-state index in [0.717, 1.165) is 0 Å². The summed E-state index contributed by atoms with van der Waals surface area (Å²) in [6.45, 7) is 3.22. The number of aryl methyl sites for hydroxylation is 1. The van der Waals surface area contributed by atoms with Crippen LogP contribution in [0.4, 0.5) is 5.69 Å². The third-order valence-electron chi connectivity index (χ3n) is 3.86. The van der Waals surface area contributed by atoms with Crippen molar-refractivity contribution in [3.63, 3.8) is 0 Å². The summed E-state index contributed by atoms with van der Waals surface area (Å²) in [6, 6.07) is 5.40. The summed E-state index contributed by atoms with van der Waals surface area (Å²) < 4.78 is 10.7. The van der Waals surface area contributed by atoms with Crippen molar-refractivity contribution in [3.8, 4) is 0 Å². The minimum Gasteiger partial charge on any atom is -0.467 e. The zero-order valence-electron chi connectivity index (χ0n) is 14.3. The van der Waals surface area contributed by atoms with Gasteiger partial charge in [0.25, 0.3) is 11.5 Å². The Hall–Kier alpha value is -3.49. The highest BCUT2D eigenvalue weighted by Crippen LogP contribution is 2.16. The van der Waals surface area contributed by atoms with Gasteiger partial charge in [0.1, 0.15) is 11.8 Å². The quantitative estimate of drug-likeness (QED) is 0.707. The summed E-state index contributed by atoms with van der Waals surface area (Å²) in [5.74, 6) is -0.509. The molecule has 1 aromatic carbocycles. The number of esters is 1. The summed E-state index contributed by atoms with van der Waals surface area (Å²) in [7, 11) is 1.25. The van der Waals surface area contributed by atoms with E-state index in [1.807, 2.05) is 0 Å². The smallest absolute Gasteiger partial charge is 0.328 e. The van der Waals surface area contributed by atoms with Gasteiger partial charge in [-0.2, -0.15) is 0 Å². The van der Waals surface area contributed by atoms with Crippen LogP contribution in [0.5, 0.6) is 0 Å². The second-order valence-electron chi connectivity index (χ2n) is 5.66. The third-order valence-corrected chi connectivity index (χ3v) is 3.86. The molecule has 1 unspecified atom stereocenters. The van der Waals surface area contributed by atoms with Crippen LogP contribution >= 0.6 is 0 Å². The van der Waals surface area contributed by atoms with Gasteiger partial charge in [-0.05, 0) is 32.0 Å². The monoisotopic (exact) mass is 356 g/mol. The second kappa shape index (κ2) is 6.79. The van der Waals surface area contributed by atoms with Crippen LogP contribution in [0.15, 0.2) is 39.9 Å². The minimum absolute atomic E-state index is 0.130. The molecular weight excluding hydrogens is 340 g/mol. The molecule has 9 heteroatoms. The van der Waals surface area contributed by atoms with Crippen molar-refractivity contribution >= 4 is 28.5 Å². The maximum atomic E-state index is 12.7. The molecule has 2 aromatic heterocycles. The number of amides is 1. The SMILES string of the molecule is COC(=O)C(C)n1cnc2ccc(NC(=O)c3cc(C)on3)cc2c1=O. The molecule has 0 aliphatic carbocycles. The number of hydrogen-bond acceptors (Lipinski definition) is 7. The number of ether oxygens (including phenoxy) is 1. The molecule has 0 aliphatic heterocycles. The Labute approximate surface area is 147 Å². The fourth-order valence-corrected chi connectivity index (χ4v) is 2.44. The summed E-state index contributed by atoms with van der Waals surface area (Å²) in [5.41, 5.74) is 0.552. The maximum absolute atomic E-state index is 12.7. The largest absolute Gasteiger partial charge is 0.467 e. The molecule has 0 aliphatic rings. The van der Waals surface area contributed by atoms with Crippen molar-refractivity contribution < 1.29 is 18.8 Å². The predicted octanol–water partition coefficient (Wildman–Crippen LogP) is 1.68. The molecule has 1 atom stereocenters. The number of carbonyl (C=O) groups excluding carboxylic acids is 2. The van der Waals surface area contributed by atoms with Gasteiger partial charge in [-0.25, -0.2) is 9.78 Å². The van der Waals surface area contributed by atoms with Crippen LogP contribution in [0.25, 0.3) is 10.9 Å². The van der Waals surface area contributed by atoms with E-state index in [1.165, 1.54) is 30.1 Å². The molecule has 9 nitrogen and oxygen atoms in total. The predicted molar refractivity (Wildman–Crippen MR) is 91.9 cm³/mol. The second-order valence-corrected chi connectivity index (χ2v) is 5.66. The lowest BCUT2D eigenvalue weighted by Crippen LogP contribution is -2.29. The summed E-state index contributed by atoms with van der Waals surface area (Å²) in [5, 5.41) is 6.55. The van der Waals surface area contributed by atoms with E-state index in [4.69, 9.17) is 4.52 Å². The molecule has 134 valence electrons. The lowest BCUT2D eigenvalue weighted by atomic mass is 10.2. The van der Waals surface area contributed by atoms with Crippen LogP contribution in [-0.2, 0) is 9.53 Å². The lowest BCUT2D eigenvalue weighted by molar-refractivity contribution is -0.144. The number of anilines is 1. The molecular formula is C17H16N4O5. The van der Waals surface area contributed by atoms with Gasteiger partial charge in [-0.1, -0.05) is 5.16 Å². The van der Waals surface area contributed by atoms with Crippen molar-refractivity contribution in [2.24, 2.45) is 0 Å². The Kier molecular flexibility index (Phi) is 4.53. The van der Waals surface area contributed by atoms with Gasteiger partial charge in [0.15, 0.2) is 5.69 Å². The van der Waals surface area contributed by atoms with E-state index in [2.05, 4.69) is 20.2 Å². The molecule has 2 heterocycles. The van der Waals surface area contributed by atoms with Crippen LogP contribution in [0.3, 0.4) is 0 Å². The van der Waals surface area contributed by atoms with Crippen LogP contribution in [0.2, 0.25) is 0 Å². The molecule has 0 fully saturated rings. The molecule has 26 heavy (non-hydrogen) atoms. The molecule has 3 aromatic rings. The lowest BCUT2D eigenvalue weighted by Gasteiger charge is -2.13. The Morgan fingerprint density at radius 2 is 2.08 bits per heavy atom. The Morgan fingerprint density at radius 1 is 1.31 bits per heavy atom. The molecule has 1 amide bonds. The molecule has 0 saturated heterocycles. The van der Waals surface area contributed by atoms with Crippen LogP contribution in [0.1, 0.15) is 29.2 Å². The first-order valence-corrected chi connectivity index (χ1v) is 7.74. The van der Waals surface area contributed by atoms with Crippen molar-refractivity contribution in [2.45, 2.75) is 19.9 Å². The van der Waals surface area contributed by atoms with Gasteiger partial charge in [0.05, 0.1) is 24.3 Å². The number of rotatable bonds is 4. The number of hydrogen-bond donors (Lipinski definition) is 1. The number of nitrogens with one attached hydrogen (secondary N) is 1.